The average Bonchev–Trinajstić information content (AvgIpc) is 3.47. The third kappa shape index (κ3) is 3.55. The standard InChI is InChI=1S/C27H23FN6O3/c28-14-5-7-34-22(12-29-24(34)9-14)17-1-3-20(25-18(17)10-30-27(25)36)32-23-4-2-16-15-6-8-37-13-19(15)26(35)31-11-21(16)33-23/h1-5,7,9,12,15,19H,6,8,10-11,13H2,(H,30,36)(H,31,35)(H,32,33)/t15-,19+/m1/s1. The highest BCUT2D eigenvalue weighted by Gasteiger charge is 2.36. The van der Waals surface area contributed by atoms with Crippen molar-refractivity contribution in [2.75, 3.05) is 18.5 Å². The van der Waals surface area contributed by atoms with Crippen molar-refractivity contribution in [3.63, 3.8) is 0 Å². The highest BCUT2D eigenvalue weighted by Crippen LogP contribution is 2.38. The predicted octanol–water partition coefficient (Wildman–Crippen LogP) is 3.27. The van der Waals surface area contributed by atoms with Crippen molar-refractivity contribution < 1.29 is 18.7 Å². The molecule has 0 saturated carbocycles. The molecule has 4 aromatic rings. The molecule has 10 heteroatoms. The number of imidazole rings is 1. The van der Waals surface area contributed by atoms with E-state index >= 15 is 0 Å². The summed E-state index contributed by atoms with van der Waals surface area (Å²) in [5, 5.41) is 9.22. The van der Waals surface area contributed by atoms with Crippen molar-refractivity contribution >= 4 is 29.0 Å². The maximum Gasteiger partial charge on any atom is 0.254 e. The number of aromatic nitrogens is 3. The zero-order chi connectivity index (χ0) is 25.1. The summed E-state index contributed by atoms with van der Waals surface area (Å²) in [5.41, 5.74) is 6.04. The first-order valence-corrected chi connectivity index (χ1v) is 12.3. The molecule has 1 fully saturated rings. The van der Waals surface area contributed by atoms with Crippen LogP contribution in [0.2, 0.25) is 0 Å². The third-order valence-electron chi connectivity index (χ3n) is 7.51. The summed E-state index contributed by atoms with van der Waals surface area (Å²) in [4.78, 5) is 34.6. The van der Waals surface area contributed by atoms with Gasteiger partial charge in [-0.25, -0.2) is 14.4 Å². The summed E-state index contributed by atoms with van der Waals surface area (Å²) in [6.07, 6.45) is 4.11. The van der Waals surface area contributed by atoms with E-state index in [0.717, 1.165) is 34.5 Å². The monoisotopic (exact) mass is 498 g/mol. The summed E-state index contributed by atoms with van der Waals surface area (Å²) in [5.74, 6) is -0.0547. The van der Waals surface area contributed by atoms with Crippen LogP contribution in [0.15, 0.2) is 48.8 Å². The van der Waals surface area contributed by atoms with Gasteiger partial charge in [0, 0.05) is 36.9 Å². The Balaban J connectivity index is 1.25. The molecule has 2 amide bonds. The quantitative estimate of drug-likeness (QED) is 0.400. The van der Waals surface area contributed by atoms with Crippen molar-refractivity contribution in [2.45, 2.75) is 25.4 Å². The lowest BCUT2D eigenvalue weighted by molar-refractivity contribution is -0.129. The number of pyridine rings is 2. The Morgan fingerprint density at radius 3 is 2.92 bits per heavy atom. The Morgan fingerprint density at radius 2 is 2.00 bits per heavy atom. The van der Waals surface area contributed by atoms with Gasteiger partial charge in [-0.3, -0.25) is 14.0 Å². The van der Waals surface area contributed by atoms with Crippen molar-refractivity contribution in [1.29, 1.82) is 0 Å². The number of benzene rings is 1. The number of ether oxygens (including phenoxy) is 1. The second-order valence-electron chi connectivity index (χ2n) is 9.57. The van der Waals surface area contributed by atoms with Gasteiger partial charge >= 0.3 is 0 Å². The second kappa shape index (κ2) is 8.38. The van der Waals surface area contributed by atoms with Crippen LogP contribution in [0.3, 0.4) is 0 Å². The summed E-state index contributed by atoms with van der Waals surface area (Å²) in [6.45, 7) is 1.78. The van der Waals surface area contributed by atoms with Crippen LogP contribution >= 0.6 is 0 Å². The molecule has 3 aliphatic rings. The van der Waals surface area contributed by atoms with Gasteiger partial charge in [0.1, 0.15) is 17.3 Å². The van der Waals surface area contributed by atoms with Crippen LogP contribution in [0.25, 0.3) is 16.9 Å². The Morgan fingerprint density at radius 1 is 1.08 bits per heavy atom. The SMILES string of the molecule is O=C1NCc2c(-c3cnc4cc(F)ccn34)ccc(Nc3ccc4c(n3)CNC(=O)[C@H]3COCC[C@H]43)c21. The van der Waals surface area contributed by atoms with Crippen LogP contribution in [-0.2, 0) is 22.6 Å². The molecule has 0 radical (unpaired) electrons. The molecule has 7 rings (SSSR count). The minimum absolute atomic E-state index is 0.00239. The molecule has 3 aliphatic heterocycles. The zero-order valence-corrected chi connectivity index (χ0v) is 19.8. The van der Waals surface area contributed by atoms with Gasteiger partial charge in [-0.05, 0) is 35.7 Å². The fourth-order valence-corrected chi connectivity index (χ4v) is 5.72. The van der Waals surface area contributed by atoms with Gasteiger partial charge in [0.05, 0.1) is 47.9 Å². The highest BCUT2D eigenvalue weighted by molar-refractivity contribution is 6.06. The first-order chi connectivity index (χ1) is 18.1. The molecule has 1 aromatic carbocycles. The number of nitrogens with zero attached hydrogens (tertiary/aromatic N) is 3. The second-order valence-corrected chi connectivity index (χ2v) is 9.57. The summed E-state index contributed by atoms with van der Waals surface area (Å²) in [6, 6.07) is 10.5. The molecule has 0 spiro atoms. The predicted molar refractivity (Wildman–Crippen MR) is 133 cm³/mol. The van der Waals surface area contributed by atoms with Gasteiger partial charge in [0.15, 0.2) is 0 Å². The highest BCUT2D eigenvalue weighted by atomic mass is 19.1. The van der Waals surface area contributed by atoms with E-state index in [9.17, 15) is 14.0 Å². The van der Waals surface area contributed by atoms with Crippen LogP contribution in [-0.4, -0.2) is 39.4 Å². The van der Waals surface area contributed by atoms with Gasteiger partial charge in [-0.2, -0.15) is 0 Å². The van der Waals surface area contributed by atoms with E-state index in [0.29, 0.717) is 49.0 Å². The molecule has 0 unspecified atom stereocenters. The Hall–Kier alpha value is -4.31. The van der Waals surface area contributed by atoms with Crippen molar-refractivity contribution in [2.24, 2.45) is 5.92 Å². The Labute approximate surface area is 211 Å². The van der Waals surface area contributed by atoms with E-state index < -0.39 is 0 Å². The van der Waals surface area contributed by atoms with Gasteiger partial charge in [0.25, 0.3) is 5.91 Å². The van der Waals surface area contributed by atoms with E-state index in [1.807, 2.05) is 24.3 Å². The molecule has 2 atom stereocenters. The van der Waals surface area contributed by atoms with E-state index in [1.165, 1.54) is 12.1 Å². The molecule has 37 heavy (non-hydrogen) atoms. The number of hydrogen-bond acceptors (Lipinski definition) is 6. The lowest BCUT2D eigenvalue weighted by atomic mass is 9.82. The largest absolute Gasteiger partial charge is 0.381 e. The number of rotatable bonds is 3. The van der Waals surface area contributed by atoms with Crippen LogP contribution in [0, 0.1) is 11.7 Å². The topological polar surface area (TPSA) is 110 Å². The zero-order valence-electron chi connectivity index (χ0n) is 19.8. The van der Waals surface area contributed by atoms with Gasteiger partial charge in [-0.15, -0.1) is 0 Å². The number of anilines is 2. The molecule has 0 bridgehead atoms. The summed E-state index contributed by atoms with van der Waals surface area (Å²) in [7, 11) is 0. The summed E-state index contributed by atoms with van der Waals surface area (Å²) < 4.78 is 21.0. The lowest BCUT2D eigenvalue weighted by Gasteiger charge is -2.29. The molecule has 3 aromatic heterocycles. The number of amides is 2. The maximum absolute atomic E-state index is 13.7. The van der Waals surface area contributed by atoms with Crippen LogP contribution in [0.4, 0.5) is 15.9 Å². The molecule has 1 saturated heterocycles. The fourth-order valence-electron chi connectivity index (χ4n) is 5.72. The molecular weight excluding hydrogens is 475 g/mol. The van der Waals surface area contributed by atoms with E-state index in [1.54, 1.807) is 16.8 Å². The van der Waals surface area contributed by atoms with E-state index in [4.69, 9.17) is 9.72 Å². The average molecular weight is 499 g/mol. The van der Waals surface area contributed by atoms with Gasteiger partial charge in [0.2, 0.25) is 5.91 Å². The number of nitrogens with one attached hydrogen (secondary N) is 3. The Bertz CT molecular complexity index is 1600. The third-order valence-corrected chi connectivity index (χ3v) is 7.51. The van der Waals surface area contributed by atoms with E-state index in [-0.39, 0.29) is 29.5 Å². The summed E-state index contributed by atoms with van der Waals surface area (Å²) >= 11 is 0. The van der Waals surface area contributed by atoms with Crippen LogP contribution in [0.5, 0.6) is 0 Å². The Kier molecular flexibility index (Phi) is 4.97. The minimum Gasteiger partial charge on any atom is -0.381 e. The van der Waals surface area contributed by atoms with Crippen molar-refractivity contribution in [3.05, 3.63) is 77.0 Å². The van der Waals surface area contributed by atoms with Gasteiger partial charge < -0.3 is 20.7 Å². The van der Waals surface area contributed by atoms with Crippen molar-refractivity contribution in [3.8, 4) is 11.3 Å². The van der Waals surface area contributed by atoms with Crippen molar-refractivity contribution in [1.82, 2.24) is 25.0 Å². The maximum atomic E-state index is 13.7. The molecule has 6 heterocycles. The number of hydrogen-bond donors (Lipinski definition) is 3. The first-order valence-electron chi connectivity index (χ1n) is 12.3. The van der Waals surface area contributed by atoms with Crippen LogP contribution < -0.4 is 16.0 Å². The lowest BCUT2D eigenvalue weighted by Crippen LogP contribution is -2.37. The molecule has 9 nitrogen and oxygen atoms in total. The number of carbonyl (C=O) groups excluding carboxylic acids is 2. The normalized spacial score (nSPS) is 20.5. The molecule has 3 N–H and O–H groups in total. The smallest absolute Gasteiger partial charge is 0.254 e. The minimum atomic E-state index is -0.355. The molecular formula is C27H23FN6O3. The molecule has 186 valence electrons. The van der Waals surface area contributed by atoms with Gasteiger partial charge in [-0.1, -0.05) is 12.1 Å². The number of fused-ring (bicyclic) bond motifs is 5. The van der Waals surface area contributed by atoms with Crippen LogP contribution in [0.1, 0.15) is 39.5 Å². The molecule has 0 aliphatic carbocycles. The van der Waals surface area contributed by atoms with E-state index in [2.05, 4.69) is 20.9 Å². The first kappa shape index (κ1) is 21.9. The fraction of sp³-hybridized carbons (Fsp3) is 0.259. The number of halogens is 1. The number of carbonyl (C=O) groups is 2.